The van der Waals surface area contributed by atoms with Crippen LogP contribution >= 0.6 is 0 Å². The Kier molecular flexibility index (Phi) is 24.8. The monoisotopic (exact) mass is 1780 g/mol. The van der Waals surface area contributed by atoms with Crippen molar-refractivity contribution in [3.8, 4) is 119 Å². The maximum Gasteiger partial charge on any atom is 1.00 e. The summed E-state index contributed by atoms with van der Waals surface area (Å²) >= 11 is 0. The van der Waals surface area contributed by atoms with Gasteiger partial charge in [-0.25, -0.2) is 43.5 Å². The number of fused-ring (bicyclic) bond motifs is 18. The molecule has 0 N–H and O–H groups in total. The molecule has 0 bridgehead atoms. The Morgan fingerprint density at radius 3 is 1.13 bits per heavy atom. The summed E-state index contributed by atoms with van der Waals surface area (Å²) in [6, 6.07) is 127. The van der Waals surface area contributed by atoms with Gasteiger partial charge in [0, 0.05) is 111 Å². The van der Waals surface area contributed by atoms with Crippen LogP contribution in [0.2, 0.25) is 0 Å². The summed E-state index contributed by atoms with van der Waals surface area (Å²) in [6.07, 6.45) is 1.01. The number of nitrogens with zero attached hydrogens (tertiary/aromatic N) is 10. The minimum absolute atomic E-state index is 0. The zero-order valence-corrected chi connectivity index (χ0v) is 77.0. The van der Waals surface area contributed by atoms with E-state index < -0.39 is 11.6 Å². The van der Waals surface area contributed by atoms with Crippen LogP contribution in [0, 0.1) is 29.5 Å². The molecule has 0 amide bonds. The zero-order chi connectivity index (χ0) is 87.5. The van der Waals surface area contributed by atoms with Gasteiger partial charge in [0.15, 0.2) is 52.3 Å². The van der Waals surface area contributed by atoms with E-state index in [0.717, 1.165) is 139 Å². The first-order chi connectivity index (χ1) is 64.1. The summed E-state index contributed by atoms with van der Waals surface area (Å²) in [5, 5.41) is 30.9. The Hall–Kier alpha value is -14.7. The molecule has 7 aromatic heterocycles. The molecule has 1 aliphatic rings. The molecule has 20 heteroatoms. The second-order valence-corrected chi connectivity index (χ2v) is 31.3. The van der Waals surface area contributed by atoms with Crippen molar-refractivity contribution in [2.45, 2.75) is 13.8 Å². The summed E-state index contributed by atoms with van der Waals surface area (Å²) in [5.41, 5.74) is 21.8. The fourth-order valence-corrected chi connectivity index (χ4v) is 18.1. The molecule has 7 heterocycles. The molecule has 16 nitrogen and oxygen atoms in total. The van der Waals surface area contributed by atoms with Gasteiger partial charge in [0.1, 0.15) is 33.5 Å². The first kappa shape index (κ1) is 87.6. The molecule has 0 saturated carbocycles. The average molecular weight is 1780 g/mol. The molecule has 0 saturated heterocycles. The van der Waals surface area contributed by atoms with Crippen molar-refractivity contribution in [3.63, 3.8) is 0 Å². The largest absolute Gasteiger partial charge is 1.00 e. The van der Waals surface area contributed by atoms with E-state index in [4.69, 9.17) is 44.8 Å². The molecule has 1 aliphatic carbocycles. The number of benzene rings is 17. The van der Waals surface area contributed by atoms with E-state index in [9.17, 15) is 5.26 Å². The minimum Gasteiger partial charge on any atom is -1.00 e. The van der Waals surface area contributed by atoms with Gasteiger partial charge < -0.3 is 34.0 Å². The van der Waals surface area contributed by atoms with E-state index in [0.29, 0.717) is 56.9 Å². The van der Waals surface area contributed by atoms with E-state index >= 15 is 8.78 Å². The van der Waals surface area contributed by atoms with Crippen molar-refractivity contribution >= 4 is 122 Å². The van der Waals surface area contributed by atoms with Gasteiger partial charge >= 0.3 is 103 Å². The van der Waals surface area contributed by atoms with E-state index in [1.165, 1.54) is 39.1 Å². The predicted molar refractivity (Wildman–Crippen MR) is 514 cm³/mol. The summed E-state index contributed by atoms with van der Waals surface area (Å²) < 4.78 is 54.8. The topological polar surface area (TPSA) is 204 Å². The third kappa shape index (κ3) is 16.0. The van der Waals surface area contributed by atoms with Crippen molar-refractivity contribution in [2.75, 3.05) is 0 Å². The standard InChI is InChI=1S/C64H36N6O2.C28H16F2N4.C19H12O.CH2O3.CH4.2K.H/c65-37-41-32-50(64-67-62(39-20-6-2-7-21-39)66-63(68-64)40-22-8-3-9-23-40)60(69-51-28-14-10-24-42(51)46-33-48-44-26-12-16-30-55(44)71-57(48)35-53(46)69)61(59(41)38-18-4-1-5-19-38)70-52-29-15-11-25-43(52)47-34-49-45-27-13-17-31-56(45)72-58(49)36-54(47)70;1-31-22-17-21(24(29)25(30)23(22)18-11-5-2-6-12-18)28-33-26(19-13-7-3-8-14-19)32-27(34-28)20-15-9-4-10-16-20;1-2-6-14-12(5-1)9-13-10-19-17(11-16(13)14)15-7-3-4-8-18(15)20-19;2-1-4-3;;;;/h1-36H;2-17H;1-8,10-11H,9H2;1,3H;1H4;;;/q;;;;;2*+1;-1/p-1. The molecule has 17 aromatic carbocycles. The Labute approximate surface area is 846 Å². The van der Waals surface area contributed by atoms with Gasteiger partial charge in [0.2, 0.25) is 0 Å². The Bertz CT molecular complexity index is 8620. The fourth-order valence-electron chi connectivity index (χ4n) is 18.1. The SMILES string of the molecule is C.N#Cc1cc(-c2nc(-c3ccccc3)nc(-c3ccccc3)n2)c(-n2c3ccccc3c3cc4c(cc32)oc2ccccc24)c(-n2c3ccccc3c3cc4c(cc32)oc2ccccc24)c1-c1ccccc1.O=CO[O-].[C-]#[N+]c1cc(-c2nc(-c3ccccc3)nc(-c3ccccc3)n2)c(F)c(F)c1-c1ccccc1.[H-].[K+].[K+].c1ccc2c(c1)Cc1cc3oc4ccccc4c3cc1-2. The zero-order valence-electron chi connectivity index (χ0n) is 71.8. The molecular formula is C113H70F2K2N10O6. The van der Waals surface area contributed by atoms with Crippen molar-refractivity contribution in [2.24, 2.45) is 0 Å². The van der Waals surface area contributed by atoms with Crippen molar-refractivity contribution in [1.82, 2.24) is 39.0 Å². The number of halogens is 2. The van der Waals surface area contributed by atoms with Crippen LogP contribution in [0.4, 0.5) is 14.5 Å². The Balaban J connectivity index is 0.000000159. The molecule has 0 fully saturated rings. The maximum absolute atomic E-state index is 15.4. The van der Waals surface area contributed by atoms with E-state index in [2.05, 4.69) is 198 Å². The number of para-hydroxylation sites is 5. The Morgan fingerprint density at radius 2 is 0.699 bits per heavy atom. The van der Waals surface area contributed by atoms with Crippen molar-refractivity contribution < 1.29 is 141 Å². The molecule has 0 unspecified atom stereocenters. The van der Waals surface area contributed by atoms with Crippen LogP contribution in [-0.2, 0) is 16.1 Å². The fraction of sp³-hybridized carbons (Fsp3) is 0.0177. The van der Waals surface area contributed by atoms with Crippen molar-refractivity contribution in [1.29, 1.82) is 5.26 Å². The summed E-state index contributed by atoms with van der Waals surface area (Å²) in [4.78, 5) is 44.1. The summed E-state index contributed by atoms with van der Waals surface area (Å²) in [7, 11) is 0. The molecule has 0 spiro atoms. The number of furan rings is 3. The summed E-state index contributed by atoms with van der Waals surface area (Å²) in [6.45, 7) is 7.42. The van der Waals surface area contributed by atoms with Crippen LogP contribution in [0.3, 0.4) is 0 Å². The quantitative estimate of drug-likeness (QED) is 0.0389. The second-order valence-electron chi connectivity index (χ2n) is 31.3. The van der Waals surface area contributed by atoms with Crippen molar-refractivity contribution in [3.05, 3.63) is 416 Å². The number of carbonyl (C=O) groups excluding carboxylic acids is 1. The first-order valence-electron chi connectivity index (χ1n) is 41.9. The summed E-state index contributed by atoms with van der Waals surface area (Å²) in [5.74, 6) is -0.213. The minimum atomic E-state index is -1.12. The number of rotatable bonds is 11. The molecule has 24 aromatic rings. The molecule has 0 atom stereocenters. The smallest absolute Gasteiger partial charge is 1.00 e. The molecule has 25 rings (SSSR count). The van der Waals surface area contributed by atoms with Gasteiger partial charge in [-0.1, -0.05) is 305 Å². The van der Waals surface area contributed by atoms with Gasteiger partial charge in [-0.2, -0.15) is 5.26 Å². The number of nitriles is 1. The van der Waals surface area contributed by atoms with Crippen LogP contribution in [0.5, 0.6) is 0 Å². The third-order valence-corrected chi connectivity index (χ3v) is 23.8. The predicted octanol–water partition coefficient (Wildman–Crippen LogP) is 22.1. The maximum atomic E-state index is 15.4. The van der Waals surface area contributed by atoms with Gasteiger partial charge in [-0.05, 0) is 107 Å². The van der Waals surface area contributed by atoms with Crippen LogP contribution in [0.15, 0.2) is 389 Å². The molecule has 0 aliphatic heterocycles. The van der Waals surface area contributed by atoms with Crippen LogP contribution in [-0.4, -0.2) is 45.5 Å². The second kappa shape index (κ2) is 37.6. The number of carbonyl (C=O) groups is 1. The van der Waals surface area contributed by atoms with Gasteiger partial charge in [0.05, 0.1) is 51.6 Å². The molecule has 624 valence electrons. The van der Waals surface area contributed by atoms with Gasteiger partial charge in [0.25, 0.3) is 6.47 Å². The van der Waals surface area contributed by atoms with Gasteiger partial charge in [-0.15, -0.1) is 0 Å². The van der Waals surface area contributed by atoms with Crippen LogP contribution < -0.4 is 108 Å². The molecule has 0 radical (unpaired) electrons. The number of hydrogen-bond donors (Lipinski definition) is 0. The van der Waals surface area contributed by atoms with Crippen LogP contribution in [0.25, 0.3) is 227 Å². The number of hydrogen-bond acceptors (Lipinski definition) is 13. The normalized spacial score (nSPS) is 11.2. The molecule has 133 heavy (non-hydrogen) atoms. The number of aromatic nitrogens is 8. The Morgan fingerprint density at radius 1 is 0.346 bits per heavy atom. The third-order valence-electron chi connectivity index (χ3n) is 23.8. The van der Waals surface area contributed by atoms with Gasteiger partial charge in [-0.3, -0.25) is 4.79 Å². The van der Waals surface area contributed by atoms with E-state index in [-0.39, 0.29) is 141 Å². The molecular weight excluding hydrogens is 1710 g/mol. The van der Waals surface area contributed by atoms with E-state index in [1.807, 2.05) is 182 Å². The van der Waals surface area contributed by atoms with E-state index in [1.54, 1.807) is 30.3 Å². The first-order valence-corrected chi connectivity index (χ1v) is 41.9. The van der Waals surface area contributed by atoms with Crippen LogP contribution in [0.1, 0.15) is 25.5 Å². The average Bonchev–Trinajstić information content (AvgIpc) is 1.52.